The lowest BCUT2D eigenvalue weighted by Gasteiger charge is -2.22. The zero-order valence-electron chi connectivity index (χ0n) is 13.9. The van der Waals surface area contributed by atoms with Gasteiger partial charge < -0.3 is 10.2 Å². The second-order valence-corrected chi connectivity index (χ2v) is 6.89. The summed E-state index contributed by atoms with van der Waals surface area (Å²) in [5.74, 6) is -3.99. The molecule has 1 aliphatic heterocycles. The Bertz CT molecular complexity index is 613. The van der Waals surface area contributed by atoms with Gasteiger partial charge in [0.25, 0.3) is 0 Å². The van der Waals surface area contributed by atoms with Gasteiger partial charge in [-0.3, -0.25) is 4.90 Å². The average Bonchev–Trinajstić information content (AvgIpc) is 3.28. The van der Waals surface area contributed by atoms with E-state index in [0.29, 0.717) is 12.1 Å². The summed E-state index contributed by atoms with van der Waals surface area (Å²) >= 11 is 0. The van der Waals surface area contributed by atoms with Gasteiger partial charge in [0.2, 0.25) is 0 Å². The molecule has 1 N–H and O–H groups in total. The van der Waals surface area contributed by atoms with E-state index in [4.69, 9.17) is 0 Å². The van der Waals surface area contributed by atoms with Gasteiger partial charge in [-0.05, 0) is 43.9 Å². The summed E-state index contributed by atoms with van der Waals surface area (Å²) < 4.78 is 39.5. The molecule has 24 heavy (non-hydrogen) atoms. The first-order valence-electron chi connectivity index (χ1n) is 8.26. The molecule has 2 atom stereocenters. The van der Waals surface area contributed by atoms with E-state index < -0.39 is 17.5 Å². The Kier molecular flexibility index (Phi) is 4.71. The van der Waals surface area contributed by atoms with Crippen LogP contribution >= 0.6 is 0 Å². The van der Waals surface area contributed by atoms with Crippen molar-refractivity contribution in [3.8, 4) is 0 Å². The van der Waals surface area contributed by atoms with Crippen LogP contribution in [-0.2, 0) is 6.54 Å². The second kappa shape index (κ2) is 6.63. The molecule has 1 saturated carbocycles. The number of halogens is 3. The number of nitrogens with one attached hydrogen (secondary N) is 1. The number of benzene rings is 1. The van der Waals surface area contributed by atoms with Gasteiger partial charge in [-0.15, -0.1) is 0 Å². The summed E-state index contributed by atoms with van der Waals surface area (Å²) in [6, 6.07) is 2.72. The highest BCUT2D eigenvalue weighted by Gasteiger charge is 2.39. The zero-order chi connectivity index (χ0) is 17.4. The normalized spacial score (nSPS) is 24.2. The van der Waals surface area contributed by atoms with Crippen molar-refractivity contribution in [2.24, 2.45) is 0 Å². The summed E-state index contributed by atoms with van der Waals surface area (Å²) in [6.07, 6.45) is 3.36. The second-order valence-electron chi connectivity index (χ2n) is 6.89. The lowest BCUT2D eigenvalue weighted by molar-refractivity contribution is 0.201. The molecule has 0 unspecified atom stereocenters. The van der Waals surface area contributed by atoms with Crippen molar-refractivity contribution in [1.82, 2.24) is 15.1 Å². The van der Waals surface area contributed by atoms with Crippen molar-refractivity contribution in [3.63, 3.8) is 0 Å². The van der Waals surface area contributed by atoms with Gasteiger partial charge in [-0.1, -0.05) is 0 Å². The van der Waals surface area contributed by atoms with Gasteiger partial charge in [-0.2, -0.15) is 0 Å². The summed E-state index contributed by atoms with van der Waals surface area (Å²) in [5, 5.41) is 2.97. The van der Waals surface area contributed by atoms with Crippen molar-refractivity contribution >= 4 is 6.03 Å². The van der Waals surface area contributed by atoms with E-state index in [1.54, 1.807) is 7.05 Å². The Morgan fingerprint density at radius 3 is 2.50 bits per heavy atom. The molecule has 3 rings (SSSR count). The van der Waals surface area contributed by atoms with Crippen LogP contribution < -0.4 is 5.32 Å². The minimum atomic E-state index is -1.49. The Labute approximate surface area is 139 Å². The van der Waals surface area contributed by atoms with Crippen molar-refractivity contribution in [1.29, 1.82) is 0 Å². The maximum Gasteiger partial charge on any atom is 0.317 e. The molecule has 1 aliphatic carbocycles. The van der Waals surface area contributed by atoms with E-state index >= 15 is 0 Å². The maximum absolute atomic E-state index is 13.2. The van der Waals surface area contributed by atoms with Crippen molar-refractivity contribution in [3.05, 3.63) is 35.1 Å². The molecule has 0 spiro atoms. The van der Waals surface area contributed by atoms with E-state index in [0.717, 1.165) is 25.1 Å². The highest BCUT2D eigenvalue weighted by molar-refractivity contribution is 5.74. The quantitative estimate of drug-likeness (QED) is 0.855. The minimum Gasteiger partial charge on any atom is -0.334 e. The molecule has 1 aromatic carbocycles. The molecule has 4 nitrogen and oxygen atoms in total. The molecule has 132 valence electrons. The van der Waals surface area contributed by atoms with Crippen molar-refractivity contribution < 1.29 is 18.0 Å². The summed E-state index contributed by atoms with van der Waals surface area (Å²) in [5.41, 5.74) is 0.212. The topological polar surface area (TPSA) is 35.6 Å². The largest absolute Gasteiger partial charge is 0.334 e. The fourth-order valence-corrected chi connectivity index (χ4v) is 3.41. The standard InChI is InChI=1S/C17H22F3N3O/c1-10-5-12(9-23(10)13-3-4-13)21-17(24)22(2)8-11-6-14(18)16(20)15(19)7-11/h6-7,10,12-13H,3-5,8-9H2,1-2H3,(H,21,24)/t10-,12+/m0/s1. The molecular weight excluding hydrogens is 319 g/mol. The number of urea groups is 1. The van der Waals surface area contributed by atoms with Crippen LogP contribution in [0.3, 0.4) is 0 Å². The first-order chi connectivity index (χ1) is 11.3. The molecule has 1 saturated heterocycles. The Morgan fingerprint density at radius 2 is 1.92 bits per heavy atom. The smallest absolute Gasteiger partial charge is 0.317 e. The lowest BCUT2D eigenvalue weighted by Crippen LogP contribution is -2.44. The number of rotatable bonds is 4. The Morgan fingerprint density at radius 1 is 1.29 bits per heavy atom. The van der Waals surface area contributed by atoms with E-state index in [9.17, 15) is 18.0 Å². The fourth-order valence-electron chi connectivity index (χ4n) is 3.41. The summed E-state index contributed by atoms with van der Waals surface area (Å²) in [6.45, 7) is 3.01. The maximum atomic E-state index is 13.2. The molecular formula is C17H22F3N3O. The van der Waals surface area contributed by atoms with Gasteiger partial charge >= 0.3 is 6.03 Å². The van der Waals surface area contributed by atoms with Gasteiger partial charge in [0.1, 0.15) is 0 Å². The highest BCUT2D eigenvalue weighted by atomic mass is 19.2. The van der Waals surface area contributed by atoms with Crippen molar-refractivity contribution in [2.75, 3.05) is 13.6 Å². The van der Waals surface area contributed by atoms with Crippen molar-refractivity contribution in [2.45, 2.75) is 50.9 Å². The average molecular weight is 341 g/mol. The monoisotopic (exact) mass is 341 g/mol. The summed E-state index contributed by atoms with van der Waals surface area (Å²) in [4.78, 5) is 16.0. The molecule has 2 aliphatic rings. The molecule has 7 heteroatoms. The molecule has 0 bridgehead atoms. The third kappa shape index (κ3) is 3.66. The number of hydrogen-bond donors (Lipinski definition) is 1. The number of hydrogen-bond acceptors (Lipinski definition) is 2. The summed E-state index contributed by atoms with van der Waals surface area (Å²) in [7, 11) is 1.55. The van der Waals surface area contributed by atoms with Crippen LogP contribution in [0.1, 0.15) is 31.7 Å². The molecule has 2 amide bonds. The number of likely N-dealkylation sites (tertiary alicyclic amines) is 1. The molecule has 0 aromatic heterocycles. The number of amides is 2. The molecule has 2 fully saturated rings. The first kappa shape index (κ1) is 17.1. The molecule has 1 aromatic rings. The van der Waals surface area contributed by atoms with Crippen LogP contribution in [0.25, 0.3) is 0 Å². The number of carbonyl (C=O) groups excluding carboxylic acids is 1. The van der Waals surface area contributed by atoms with E-state index in [2.05, 4.69) is 17.1 Å². The third-order valence-corrected chi connectivity index (χ3v) is 4.78. The van der Waals surface area contributed by atoms with Crippen LogP contribution in [-0.4, -0.2) is 47.5 Å². The third-order valence-electron chi connectivity index (χ3n) is 4.78. The fraction of sp³-hybridized carbons (Fsp3) is 0.588. The van der Waals surface area contributed by atoms with Crippen LogP contribution in [0, 0.1) is 17.5 Å². The van der Waals surface area contributed by atoms with Crippen LogP contribution in [0.5, 0.6) is 0 Å². The van der Waals surface area contributed by atoms with E-state index in [1.165, 1.54) is 17.7 Å². The minimum absolute atomic E-state index is 0.00850. The highest BCUT2D eigenvalue weighted by Crippen LogP contribution is 2.33. The van der Waals surface area contributed by atoms with Gasteiger partial charge in [0, 0.05) is 38.3 Å². The lowest BCUT2D eigenvalue weighted by atomic mass is 10.2. The van der Waals surface area contributed by atoms with Crippen LogP contribution in [0.4, 0.5) is 18.0 Å². The Hall–Kier alpha value is -1.76. The number of carbonyl (C=O) groups is 1. The number of nitrogens with zero attached hydrogens (tertiary/aromatic N) is 2. The first-order valence-corrected chi connectivity index (χ1v) is 8.26. The SMILES string of the molecule is C[C@H]1C[C@@H](NC(=O)N(C)Cc2cc(F)c(F)c(F)c2)CN1C1CC1. The van der Waals surface area contributed by atoms with Crippen LogP contribution in [0.2, 0.25) is 0 Å². The molecule has 0 radical (unpaired) electrons. The zero-order valence-corrected chi connectivity index (χ0v) is 13.9. The van der Waals surface area contributed by atoms with Gasteiger partial charge in [-0.25, -0.2) is 18.0 Å². The van der Waals surface area contributed by atoms with Crippen LogP contribution in [0.15, 0.2) is 12.1 Å². The Balaban J connectivity index is 1.55. The van der Waals surface area contributed by atoms with Gasteiger partial charge in [0.15, 0.2) is 17.5 Å². The predicted molar refractivity (Wildman–Crippen MR) is 83.9 cm³/mol. The van der Waals surface area contributed by atoms with E-state index in [-0.39, 0.29) is 24.2 Å². The van der Waals surface area contributed by atoms with E-state index in [1.807, 2.05) is 0 Å². The van der Waals surface area contributed by atoms with Gasteiger partial charge in [0.05, 0.1) is 0 Å². The molecule has 1 heterocycles. The predicted octanol–water partition coefficient (Wildman–Crippen LogP) is 2.87.